The summed E-state index contributed by atoms with van der Waals surface area (Å²) < 4.78 is 7.70. The van der Waals surface area contributed by atoms with Gasteiger partial charge in [0.05, 0.1) is 11.3 Å². The monoisotopic (exact) mass is 251 g/mol. The van der Waals surface area contributed by atoms with Crippen molar-refractivity contribution in [3.63, 3.8) is 0 Å². The maximum atomic E-state index is 5.72. The Morgan fingerprint density at radius 2 is 2.28 bits per heavy atom. The fraction of sp³-hybridized carbons (Fsp3) is 0.786. The molecule has 1 atom stereocenters. The van der Waals surface area contributed by atoms with Crippen LogP contribution in [0.4, 0.5) is 0 Å². The van der Waals surface area contributed by atoms with E-state index in [-0.39, 0.29) is 5.60 Å². The highest BCUT2D eigenvalue weighted by molar-refractivity contribution is 5.10. The molecule has 1 fully saturated rings. The zero-order valence-corrected chi connectivity index (χ0v) is 12.0. The first-order chi connectivity index (χ1) is 8.58. The first kappa shape index (κ1) is 13.6. The summed E-state index contributed by atoms with van der Waals surface area (Å²) in [5.41, 5.74) is 2.51. The zero-order valence-electron chi connectivity index (χ0n) is 12.0. The van der Waals surface area contributed by atoms with E-state index in [1.807, 2.05) is 32.8 Å². The van der Waals surface area contributed by atoms with Gasteiger partial charge in [0.25, 0.3) is 0 Å². The molecule has 1 unspecified atom stereocenters. The van der Waals surface area contributed by atoms with Gasteiger partial charge in [0.15, 0.2) is 0 Å². The van der Waals surface area contributed by atoms with Crippen LogP contribution in [0.2, 0.25) is 0 Å². The lowest BCUT2D eigenvalue weighted by molar-refractivity contribution is -0.0831. The van der Waals surface area contributed by atoms with Crippen molar-refractivity contribution in [2.75, 3.05) is 14.2 Å². The van der Waals surface area contributed by atoms with Gasteiger partial charge in [-0.3, -0.25) is 4.68 Å². The Morgan fingerprint density at radius 3 is 2.67 bits per heavy atom. The van der Waals surface area contributed by atoms with E-state index in [9.17, 15) is 0 Å². The Hall–Kier alpha value is -0.870. The maximum Gasteiger partial charge on any atom is 0.0693 e. The largest absolute Gasteiger partial charge is 0.378 e. The number of methoxy groups -OCH3 is 1. The summed E-state index contributed by atoms with van der Waals surface area (Å²) in [5.74, 6) is 0. The summed E-state index contributed by atoms with van der Waals surface area (Å²) in [6, 6.07) is 2.63. The molecule has 1 aromatic rings. The predicted molar refractivity (Wildman–Crippen MR) is 72.7 cm³/mol. The quantitative estimate of drug-likeness (QED) is 0.838. The predicted octanol–water partition coefficient (Wildman–Crippen LogP) is 1.82. The molecule has 0 saturated heterocycles. The van der Waals surface area contributed by atoms with Gasteiger partial charge in [0, 0.05) is 32.3 Å². The van der Waals surface area contributed by atoms with Gasteiger partial charge in [0.2, 0.25) is 0 Å². The molecule has 1 heterocycles. The topological polar surface area (TPSA) is 39.1 Å². The minimum Gasteiger partial charge on any atom is -0.378 e. The first-order valence-electron chi connectivity index (χ1n) is 6.80. The number of nitrogens with zero attached hydrogens (tertiary/aromatic N) is 2. The second-order valence-electron chi connectivity index (χ2n) is 5.54. The molecule has 18 heavy (non-hydrogen) atoms. The van der Waals surface area contributed by atoms with Crippen molar-refractivity contribution < 1.29 is 4.74 Å². The Labute approximate surface area is 110 Å². The number of likely N-dealkylation sites (N-methyl/N-ethyl adjacent to an activating group) is 1. The molecule has 0 aromatic carbocycles. The number of aromatic nitrogens is 2. The zero-order chi connectivity index (χ0) is 13.2. The fourth-order valence-electron chi connectivity index (χ4n) is 2.90. The van der Waals surface area contributed by atoms with Gasteiger partial charge in [-0.15, -0.1) is 0 Å². The van der Waals surface area contributed by atoms with Crippen LogP contribution in [-0.4, -0.2) is 35.6 Å². The molecule has 1 aromatic heterocycles. The molecule has 1 aliphatic carbocycles. The molecule has 1 aliphatic rings. The minimum absolute atomic E-state index is 0.126. The summed E-state index contributed by atoms with van der Waals surface area (Å²) in [7, 11) is 5.90. The molecule has 102 valence electrons. The minimum atomic E-state index is 0.126. The summed E-state index contributed by atoms with van der Waals surface area (Å²) in [4.78, 5) is 0. The van der Waals surface area contributed by atoms with E-state index in [0.717, 1.165) is 18.5 Å². The van der Waals surface area contributed by atoms with Crippen molar-refractivity contribution in [1.82, 2.24) is 15.1 Å². The second-order valence-corrected chi connectivity index (χ2v) is 5.54. The van der Waals surface area contributed by atoms with Gasteiger partial charge in [-0.2, -0.15) is 5.10 Å². The molecule has 0 aliphatic heterocycles. The number of rotatable bonds is 6. The number of ether oxygens (including phenoxy) is 1. The van der Waals surface area contributed by atoms with Gasteiger partial charge in [-0.25, -0.2) is 0 Å². The number of nitrogens with one attached hydrogen (secondary N) is 1. The first-order valence-corrected chi connectivity index (χ1v) is 6.80. The second kappa shape index (κ2) is 5.41. The number of aryl methyl sites for hydroxylation is 2. The fourth-order valence-corrected chi connectivity index (χ4v) is 2.90. The third kappa shape index (κ3) is 2.75. The van der Waals surface area contributed by atoms with E-state index in [4.69, 9.17) is 4.74 Å². The molecule has 0 spiro atoms. The average Bonchev–Trinajstić information content (AvgIpc) is 2.61. The highest BCUT2D eigenvalue weighted by Crippen LogP contribution is 2.39. The van der Waals surface area contributed by atoms with Crippen LogP contribution in [0.3, 0.4) is 0 Å². The van der Waals surface area contributed by atoms with Crippen LogP contribution in [0.5, 0.6) is 0 Å². The van der Waals surface area contributed by atoms with Gasteiger partial charge in [-0.1, -0.05) is 0 Å². The third-order valence-electron chi connectivity index (χ3n) is 4.28. The Balaban J connectivity index is 1.99. The van der Waals surface area contributed by atoms with Crippen LogP contribution in [-0.2, 0) is 18.2 Å². The molecular weight excluding hydrogens is 226 g/mol. The molecule has 2 rings (SSSR count). The summed E-state index contributed by atoms with van der Waals surface area (Å²) in [6.45, 7) is 2.04. The highest BCUT2D eigenvalue weighted by Gasteiger charge is 2.38. The Kier molecular flexibility index (Phi) is 4.07. The molecule has 1 N–H and O–H groups in total. The van der Waals surface area contributed by atoms with Crippen LogP contribution >= 0.6 is 0 Å². The molecule has 4 heteroatoms. The van der Waals surface area contributed by atoms with E-state index < -0.39 is 0 Å². The van der Waals surface area contributed by atoms with Gasteiger partial charge in [0.1, 0.15) is 0 Å². The van der Waals surface area contributed by atoms with Crippen LogP contribution in [0.25, 0.3) is 0 Å². The highest BCUT2D eigenvalue weighted by atomic mass is 16.5. The standard InChI is InChI=1S/C14H25N3O/c1-11-8-13(17(3)16-11)9-12(15-2)10-14(18-4)6-5-7-14/h8,12,15H,5-7,9-10H2,1-4H3. The van der Waals surface area contributed by atoms with Crippen molar-refractivity contribution >= 4 is 0 Å². The maximum absolute atomic E-state index is 5.72. The van der Waals surface area contributed by atoms with Crippen LogP contribution in [0.15, 0.2) is 6.07 Å². The van der Waals surface area contributed by atoms with E-state index >= 15 is 0 Å². The lowest BCUT2D eigenvalue weighted by atomic mass is 9.75. The van der Waals surface area contributed by atoms with Crippen LogP contribution < -0.4 is 5.32 Å². The number of hydrogen-bond acceptors (Lipinski definition) is 3. The van der Waals surface area contributed by atoms with Gasteiger partial charge in [-0.05, 0) is 45.7 Å². The Morgan fingerprint density at radius 1 is 1.56 bits per heavy atom. The van der Waals surface area contributed by atoms with E-state index in [1.165, 1.54) is 25.0 Å². The SMILES string of the molecule is CNC(Cc1cc(C)nn1C)CC1(OC)CCC1. The number of hydrogen-bond donors (Lipinski definition) is 1. The molecular formula is C14H25N3O. The molecule has 1 saturated carbocycles. The van der Waals surface area contributed by atoms with E-state index in [0.29, 0.717) is 6.04 Å². The average molecular weight is 251 g/mol. The Bertz CT molecular complexity index is 390. The molecule has 0 bridgehead atoms. The van der Waals surface area contributed by atoms with E-state index in [2.05, 4.69) is 16.5 Å². The van der Waals surface area contributed by atoms with Crippen molar-refractivity contribution in [3.05, 3.63) is 17.5 Å². The van der Waals surface area contributed by atoms with Crippen LogP contribution in [0.1, 0.15) is 37.1 Å². The van der Waals surface area contributed by atoms with Crippen molar-refractivity contribution in [1.29, 1.82) is 0 Å². The van der Waals surface area contributed by atoms with Crippen molar-refractivity contribution in [3.8, 4) is 0 Å². The lowest BCUT2D eigenvalue weighted by Crippen LogP contribution is -2.46. The third-order valence-corrected chi connectivity index (χ3v) is 4.28. The van der Waals surface area contributed by atoms with Crippen molar-refractivity contribution in [2.24, 2.45) is 7.05 Å². The molecule has 0 radical (unpaired) electrons. The van der Waals surface area contributed by atoms with Gasteiger partial charge >= 0.3 is 0 Å². The normalized spacial score (nSPS) is 19.6. The van der Waals surface area contributed by atoms with Crippen molar-refractivity contribution in [2.45, 2.75) is 50.7 Å². The summed E-state index contributed by atoms with van der Waals surface area (Å²) >= 11 is 0. The van der Waals surface area contributed by atoms with E-state index in [1.54, 1.807) is 0 Å². The van der Waals surface area contributed by atoms with Crippen LogP contribution in [0, 0.1) is 6.92 Å². The smallest absolute Gasteiger partial charge is 0.0693 e. The summed E-state index contributed by atoms with van der Waals surface area (Å²) in [6.07, 6.45) is 5.80. The van der Waals surface area contributed by atoms with Gasteiger partial charge < -0.3 is 10.1 Å². The lowest BCUT2D eigenvalue weighted by Gasteiger charge is -2.42. The molecule has 0 amide bonds. The molecule has 4 nitrogen and oxygen atoms in total. The summed E-state index contributed by atoms with van der Waals surface area (Å²) in [5, 5.41) is 7.83.